The first kappa shape index (κ1) is 18.2. The van der Waals surface area contributed by atoms with Gasteiger partial charge in [-0.2, -0.15) is 4.72 Å². The number of carboxylic acid groups (broad SMARTS) is 1. The minimum absolute atomic E-state index is 0.0247. The van der Waals surface area contributed by atoms with Gasteiger partial charge in [-0.05, 0) is 13.3 Å². The number of rotatable bonds is 8. The number of methoxy groups -OCH3 is 1. The van der Waals surface area contributed by atoms with Crippen LogP contribution < -0.4 is 4.72 Å². The smallest absolute Gasteiger partial charge is 0.341 e. The van der Waals surface area contributed by atoms with Crippen LogP contribution in [0.4, 0.5) is 0 Å². The maximum atomic E-state index is 12.2. The first-order valence-corrected chi connectivity index (χ1v) is 8.15. The van der Waals surface area contributed by atoms with Crippen LogP contribution in [-0.4, -0.2) is 38.6 Å². The van der Waals surface area contributed by atoms with Gasteiger partial charge >= 0.3 is 11.9 Å². The fourth-order valence-electron chi connectivity index (χ4n) is 1.79. The van der Waals surface area contributed by atoms with Gasteiger partial charge in [-0.25, -0.2) is 13.2 Å². The molecule has 1 aromatic rings. The number of carbonyl (C=O) groups is 2. The van der Waals surface area contributed by atoms with Crippen LogP contribution in [0.1, 0.15) is 42.3 Å². The van der Waals surface area contributed by atoms with E-state index in [1.807, 2.05) is 6.92 Å². The van der Waals surface area contributed by atoms with E-state index in [0.29, 0.717) is 6.42 Å². The molecule has 0 aliphatic carbocycles. The van der Waals surface area contributed by atoms with Gasteiger partial charge in [0.25, 0.3) is 10.0 Å². The van der Waals surface area contributed by atoms with Gasteiger partial charge in [-0.1, -0.05) is 19.8 Å². The summed E-state index contributed by atoms with van der Waals surface area (Å²) in [4.78, 5) is 22.6. The topological polar surface area (TPSA) is 123 Å². The van der Waals surface area contributed by atoms with Gasteiger partial charge in [0.2, 0.25) is 5.09 Å². The molecule has 2 N–H and O–H groups in total. The van der Waals surface area contributed by atoms with Crippen LogP contribution >= 0.6 is 0 Å². The predicted octanol–water partition coefficient (Wildman–Crippen LogP) is 1.30. The number of carbonyl (C=O) groups excluding carboxylic acids is 1. The number of aliphatic carboxylic acids is 1. The Morgan fingerprint density at radius 2 is 2.09 bits per heavy atom. The molecular formula is C13H19NO7S. The van der Waals surface area contributed by atoms with E-state index in [2.05, 4.69) is 9.46 Å². The Labute approximate surface area is 128 Å². The molecule has 0 bridgehead atoms. The molecule has 22 heavy (non-hydrogen) atoms. The van der Waals surface area contributed by atoms with Gasteiger partial charge in [0.15, 0.2) is 0 Å². The summed E-state index contributed by atoms with van der Waals surface area (Å²) in [6.07, 6.45) is 1.45. The van der Waals surface area contributed by atoms with Crippen LogP contribution in [0.15, 0.2) is 15.6 Å². The van der Waals surface area contributed by atoms with Crippen LogP contribution in [0.3, 0.4) is 0 Å². The second-order valence-electron chi connectivity index (χ2n) is 4.68. The maximum Gasteiger partial charge on any atom is 0.341 e. The lowest BCUT2D eigenvalue weighted by atomic mass is 10.1. The Bertz CT molecular complexity index is 647. The van der Waals surface area contributed by atoms with Gasteiger partial charge in [0, 0.05) is 6.07 Å². The molecule has 1 heterocycles. The zero-order valence-electron chi connectivity index (χ0n) is 12.6. The zero-order valence-corrected chi connectivity index (χ0v) is 13.4. The fourth-order valence-corrected chi connectivity index (χ4v) is 3.00. The van der Waals surface area contributed by atoms with Crippen molar-refractivity contribution in [1.82, 2.24) is 4.72 Å². The standard InChI is InChI=1S/C13H19NO7S/c1-4-5-6-10(12(15)16)14-22(18,19)11-7-9(8(2)21-11)13(17)20-3/h7,10,14H,4-6H2,1-3H3,(H,15,16)/t10-/m0/s1. The summed E-state index contributed by atoms with van der Waals surface area (Å²) in [6.45, 7) is 3.28. The summed E-state index contributed by atoms with van der Waals surface area (Å²) in [7, 11) is -3.02. The number of carboxylic acids is 1. The molecule has 0 spiro atoms. The molecule has 9 heteroatoms. The fraction of sp³-hybridized carbons (Fsp3) is 0.538. The second-order valence-corrected chi connectivity index (χ2v) is 6.33. The Morgan fingerprint density at radius 3 is 2.59 bits per heavy atom. The molecule has 0 unspecified atom stereocenters. The van der Waals surface area contributed by atoms with E-state index in [-0.39, 0.29) is 17.7 Å². The van der Waals surface area contributed by atoms with E-state index in [9.17, 15) is 18.0 Å². The molecule has 0 saturated carbocycles. The first-order chi connectivity index (χ1) is 10.2. The van der Waals surface area contributed by atoms with Crippen LogP contribution in [0.25, 0.3) is 0 Å². The molecular weight excluding hydrogens is 314 g/mol. The predicted molar refractivity (Wildman–Crippen MR) is 76.1 cm³/mol. The van der Waals surface area contributed by atoms with E-state index in [1.54, 1.807) is 0 Å². The highest BCUT2D eigenvalue weighted by atomic mass is 32.2. The third-order valence-corrected chi connectivity index (χ3v) is 4.33. The summed E-state index contributed by atoms with van der Waals surface area (Å²) in [5.41, 5.74) is -0.0247. The maximum absolute atomic E-state index is 12.2. The zero-order chi connectivity index (χ0) is 16.9. The van der Waals surface area contributed by atoms with Gasteiger partial charge in [0.1, 0.15) is 17.4 Å². The van der Waals surface area contributed by atoms with Crippen molar-refractivity contribution >= 4 is 22.0 Å². The summed E-state index contributed by atoms with van der Waals surface area (Å²) in [5.74, 6) is -1.93. The molecule has 0 aromatic carbocycles. The summed E-state index contributed by atoms with van der Waals surface area (Å²) >= 11 is 0. The lowest BCUT2D eigenvalue weighted by molar-refractivity contribution is -0.139. The van der Waals surface area contributed by atoms with Crippen molar-refractivity contribution in [1.29, 1.82) is 0 Å². The Hall–Kier alpha value is -1.87. The normalized spacial score (nSPS) is 12.9. The molecule has 0 amide bonds. The molecule has 0 aliphatic rings. The van der Waals surface area contributed by atoms with E-state index in [1.165, 1.54) is 6.92 Å². The number of unbranched alkanes of at least 4 members (excludes halogenated alkanes) is 1. The second kappa shape index (κ2) is 7.41. The van der Waals surface area contributed by atoms with Crippen molar-refractivity contribution < 1.29 is 32.3 Å². The van der Waals surface area contributed by atoms with Crippen molar-refractivity contribution in [3.63, 3.8) is 0 Å². The highest BCUT2D eigenvalue weighted by Gasteiger charge is 2.29. The highest BCUT2D eigenvalue weighted by Crippen LogP contribution is 2.20. The van der Waals surface area contributed by atoms with Crippen LogP contribution in [0.2, 0.25) is 0 Å². The number of ether oxygens (including phenoxy) is 1. The number of hydrogen-bond acceptors (Lipinski definition) is 6. The molecule has 0 aliphatic heterocycles. The van der Waals surface area contributed by atoms with Crippen molar-refractivity contribution in [2.75, 3.05) is 7.11 Å². The van der Waals surface area contributed by atoms with Gasteiger partial charge < -0.3 is 14.3 Å². The molecule has 1 atom stereocenters. The highest BCUT2D eigenvalue weighted by molar-refractivity contribution is 7.89. The Morgan fingerprint density at radius 1 is 1.45 bits per heavy atom. The number of furan rings is 1. The van der Waals surface area contributed by atoms with Crippen molar-refractivity contribution in [3.8, 4) is 0 Å². The van der Waals surface area contributed by atoms with E-state index in [4.69, 9.17) is 9.52 Å². The average molecular weight is 333 g/mol. The summed E-state index contributed by atoms with van der Waals surface area (Å²) < 4.78 is 36.0. The summed E-state index contributed by atoms with van der Waals surface area (Å²) in [6, 6.07) is -0.237. The number of sulfonamides is 1. The molecule has 1 aromatic heterocycles. The molecule has 124 valence electrons. The Kier molecular flexibility index (Phi) is 6.12. The molecule has 0 fully saturated rings. The lowest BCUT2D eigenvalue weighted by Gasteiger charge is -2.12. The number of esters is 1. The van der Waals surface area contributed by atoms with E-state index < -0.39 is 33.1 Å². The Balaban J connectivity index is 3.03. The lowest BCUT2D eigenvalue weighted by Crippen LogP contribution is -2.40. The van der Waals surface area contributed by atoms with Gasteiger partial charge in [-0.3, -0.25) is 4.79 Å². The minimum atomic E-state index is -4.18. The van der Waals surface area contributed by atoms with Gasteiger partial charge in [-0.15, -0.1) is 0 Å². The monoisotopic (exact) mass is 333 g/mol. The van der Waals surface area contributed by atoms with Crippen molar-refractivity contribution in [3.05, 3.63) is 17.4 Å². The number of aryl methyl sites for hydroxylation is 1. The number of hydrogen-bond donors (Lipinski definition) is 2. The molecule has 1 rings (SSSR count). The van der Waals surface area contributed by atoms with Gasteiger partial charge in [0.05, 0.1) is 7.11 Å². The first-order valence-electron chi connectivity index (χ1n) is 6.66. The quantitative estimate of drug-likeness (QED) is 0.687. The molecule has 8 nitrogen and oxygen atoms in total. The minimum Gasteiger partial charge on any atom is -0.480 e. The largest absolute Gasteiger partial charge is 0.480 e. The van der Waals surface area contributed by atoms with Crippen LogP contribution in [0.5, 0.6) is 0 Å². The molecule has 0 saturated heterocycles. The van der Waals surface area contributed by atoms with E-state index >= 15 is 0 Å². The molecule has 0 radical (unpaired) electrons. The van der Waals surface area contributed by atoms with Crippen LogP contribution in [-0.2, 0) is 19.6 Å². The van der Waals surface area contributed by atoms with Crippen LogP contribution in [0, 0.1) is 6.92 Å². The van der Waals surface area contributed by atoms with Crippen molar-refractivity contribution in [2.24, 2.45) is 0 Å². The van der Waals surface area contributed by atoms with E-state index in [0.717, 1.165) is 19.6 Å². The number of nitrogens with one attached hydrogen (secondary N) is 1. The third-order valence-electron chi connectivity index (χ3n) is 3.01. The third kappa shape index (κ3) is 4.31. The van der Waals surface area contributed by atoms with Crippen molar-refractivity contribution in [2.45, 2.75) is 44.2 Å². The summed E-state index contributed by atoms with van der Waals surface area (Å²) in [5, 5.41) is 8.54. The SMILES string of the molecule is CCCC[C@H](NS(=O)(=O)c1cc(C(=O)OC)c(C)o1)C(=O)O. The average Bonchev–Trinajstić information content (AvgIpc) is 2.85.